The lowest BCUT2D eigenvalue weighted by molar-refractivity contribution is 0.418. The van der Waals surface area contributed by atoms with Crippen LogP contribution in [0.15, 0.2) is 33.7 Å². The first kappa shape index (κ1) is 19.6. The van der Waals surface area contributed by atoms with E-state index in [1.54, 1.807) is 18.2 Å². The van der Waals surface area contributed by atoms with Gasteiger partial charge in [-0.2, -0.15) is 4.98 Å². The van der Waals surface area contributed by atoms with Gasteiger partial charge in [-0.15, -0.1) is 12.4 Å². The number of aromatic nitrogens is 2. The van der Waals surface area contributed by atoms with E-state index in [0.29, 0.717) is 23.7 Å². The third-order valence-electron chi connectivity index (χ3n) is 3.31. The third-order valence-corrected chi connectivity index (χ3v) is 5.12. The van der Waals surface area contributed by atoms with E-state index >= 15 is 0 Å². The molecule has 0 bridgehead atoms. The van der Waals surface area contributed by atoms with Crippen LogP contribution in [0.5, 0.6) is 0 Å². The Bertz CT molecular complexity index is 746. The second kappa shape index (κ2) is 7.87. The van der Waals surface area contributed by atoms with Gasteiger partial charge in [0.05, 0.1) is 4.90 Å². The van der Waals surface area contributed by atoms with E-state index in [-0.39, 0.29) is 23.3 Å². The van der Waals surface area contributed by atoms with Gasteiger partial charge in [0.2, 0.25) is 10.0 Å². The summed E-state index contributed by atoms with van der Waals surface area (Å²) in [6.07, 6.45) is 0.635. The minimum absolute atomic E-state index is 0. The molecular weight excluding hydrogens is 340 g/mol. The summed E-state index contributed by atoms with van der Waals surface area (Å²) in [6, 6.07) is 6.71. The average molecular weight is 361 g/mol. The van der Waals surface area contributed by atoms with Crippen molar-refractivity contribution < 1.29 is 12.9 Å². The van der Waals surface area contributed by atoms with Gasteiger partial charge in [0, 0.05) is 32.1 Å². The number of sulfonamides is 1. The second-order valence-electron chi connectivity index (χ2n) is 5.22. The molecule has 1 heterocycles. The summed E-state index contributed by atoms with van der Waals surface area (Å²) >= 11 is 0. The summed E-state index contributed by atoms with van der Waals surface area (Å²) in [5.74, 6) is 0.895. The smallest absolute Gasteiger partial charge is 0.257 e. The van der Waals surface area contributed by atoms with Crippen LogP contribution in [0.1, 0.15) is 12.7 Å². The molecule has 2 rings (SSSR count). The Kier molecular flexibility index (Phi) is 6.69. The molecule has 1 unspecified atom stereocenters. The lowest BCUT2D eigenvalue weighted by Crippen LogP contribution is -2.24. The first-order chi connectivity index (χ1) is 10.3. The van der Waals surface area contributed by atoms with E-state index in [1.165, 1.54) is 24.5 Å². The van der Waals surface area contributed by atoms with Crippen LogP contribution < -0.4 is 5.32 Å². The molecule has 0 amide bonds. The van der Waals surface area contributed by atoms with Gasteiger partial charge in [-0.25, -0.2) is 12.7 Å². The first-order valence-corrected chi connectivity index (χ1v) is 8.31. The molecule has 0 aliphatic rings. The molecule has 1 aromatic carbocycles. The van der Waals surface area contributed by atoms with E-state index in [0.717, 1.165) is 0 Å². The summed E-state index contributed by atoms with van der Waals surface area (Å²) < 4.78 is 30.7. The van der Waals surface area contributed by atoms with Gasteiger partial charge in [0.15, 0.2) is 5.82 Å². The maximum atomic E-state index is 12.2. The van der Waals surface area contributed by atoms with Gasteiger partial charge in [0.1, 0.15) is 0 Å². The van der Waals surface area contributed by atoms with Crippen LogP contribution in [-0.2, 0) is 16.4 Å². The maximum absolute atomic E-state index is 12.2. The molecule has 0 aliphatic carbocycles. The van der Waals surface area contributed by atoms with Gasteiger partial charge in [-0.3, -0.25) is 0 Å². The molecule has 7 nitrogen and oxygen atoms in total. The zero-order chi connectivity index (χ0) is 16.3. The van der Waals surface area contributed by atoms with E-state index in [9.17, 15) is 8.42 Å². The van der Waals surface area contributed by atoms with Crippen molar-refractivity contribution in [2.24, 2.45) is 0 Å². The van der Waals surface area contributed by atoms with Crippen LogP contribution in [0.4, 0.5) is 0 Å². The predicted octanol–water partition coefficient (Wildman–Crippen LogP) is 1.56. The zero-order valence-electron chi connectivity index (χ0n) is 13.5. The summed E-state index contributed by atoms with van der Waals surface area (Å²) in [5, 5.41) is 7.02. The van der Waals surface area contributed by atoms with Crippen LogP contribution in [-0.4, -0.2) is 50.0 Å². The van der Waals surface area contributed by atoms with Crippen molar-refractivity contribution in [1.82, 2.24) is 19.8 Å². The molecule has 0 aliphatic heterocycles. The molecule has 23 heavy (non-hydrogen) atoms. The van der Waals surface area contributed by atoms with E-state index in [2.05, 4.69) is 15.5 Å². The maximum Gasteiger partial charge on any atom is 0.257 e. The zero-order valence-corrected chi connectivity index (χ0v) is 15.1. The normalized spacial score (nSPS) is 12.9. The molecule has 9 heteroatoms. The first-order valence-electron chi connectivity index (χ1n) is 6.87. The van der Waals surface area contributed by atoms with Crippen LogP contribution in [0.2, 0.25) is 0 Å². The molecule has 0 saturated heterocycles. The fourth-order valence-corrected chi connectivity index (χ4v) is 2.78. The summed E-state index contributed by atoms with van der Waals surface area (Å²) in [6.45, 7) is 2.01. The number of nitrogens with one attached hydrogen (secondary N) is 1. The molecular formula is C14H21ClN4O3S. The lowest BCUT2D eigenvalue weighted by atomic mass is 10.2. The number of hydrogen-bond acceptors (Lipinski definition) is 6. The Morgan fingerprint density at radius 2 is 2.04 bits per heavy atom. The molecule has 1 N–H and O–H groups in total. The highest BCUT2D eigenvalue weighted by Gasteiger charge is 2.19. The molecule has 0 saturated carbocycles. The minimum Gasteiger partial charge on any atom is -0.334 e. The second-order valence-corrected chi connectivity index (χ2v) is 7.38. The number of hydrogen-bond donors (Lipinski definition) is 1. The van der Waals surface area contributed by atoms with Crippen molar-refractivity contribution in [3.63, 3.8) is 0 Å². The molecule has 0 radical (unpaired) electrons. The summed E-state index contributed by atoms with van der Waals surface area (Å²) in [7, 11) is 1.36. The highest BCUT2D eigenvalue weighted by molar-refractivity contribution is 7.89. The Balaban J connectivity index is 0.00000264. The standard InChI is InChI=1S/C14H20N4O3S.ClH/c1-10(15-2)8-13-16-14(21-17-13)11-6-5-7-12(9-11)22(19,20)18(3)4;/h5-7,9-10,15H,8H2,1-4H3;1H. The Hall–Kier alpha value is -1.48. The van der Waals surface area contributed by atoms with Crippen molar-refractivity contribution in [3.8, 4) is 11.5 Å². The monoisotopic (exact) mass is 360 g/mol. The molecule has 0 fully saturated rings. The van der Waals surface area contributed by atoms with Crippen LogP contribution >= 0.6 is 12.4 Å². The average Bonchev–Trinajstić information content (AvgIpc) is 2.95. The number of benzene rings is 1. The van der Waals surface area contributed by atoms with Crippen molar-refractivity contribution in [3.05, 3.63) is 30.1 Å². The van der Waals surface area contributed by atoms with Crippen molar-refractivity contribution in [2.45, 2.75) is 24.3 Å². The van der Waals surface area contributed by atoms with Crippen LogP contribution in [0.3, 0.4) is 0 Å². The van der Waals surface area contributed by atoms with Crippen LogP contribution in [0.25, 0.3) is 11.5 Å². The third kappa shape index (κ3) is 4.51. The van der Waals surface area contributed by atoms with Crippen molar-refractivity contribution in [2.75, 3.05) is 21.1 Å². The van der Waals surface area contributed by atoms with Crippen molar-refractivity contribution in [1.29, 1.82) is 0 Å². The van der Waals surface area contributed by atoms with Gasteiger partial charge in [-0.05, 0) is 32.2 Å². The predicted molar refractivity (Wildman–Crippen MR) is 90.1 cm³/mol. The van der Waals surface area contributed by atoms with E-state index in [1.807, 2.05) is 14.0 Å². The highest BCUT2D eigenvalue weighted by atomic mass is 35.5. The minimum atomic E-state index is -3.49. The van der Waals surface area contributed by atoms with E-state index < -0.39 is 10.0 Å². The van der Waals surface area contributed by atoms with Gasteiger partial charge >= 0.3 is 0 Å². The Labute approximate surface area is 142 Å². The largest absolute Gasteiger partial charge is 0.334 e. The molecule has 1 aromatic heterocycles. The molecule has 2 aromatic rings. The fraction of sp³-hybridized carbons (Fsp3) is 0.429. The number of rotatable bonds is 6. The molecule has 1 atom stereocenters. The van der Waals surface area contributed by atoms with Gasteiger partial charge in [-0.1, -0.05) is 11.2 Å². The Morgan fingerprint density at radius 3 is 2.65 bits per heavy atom. The SMILES string of the molecule is CNC(C)Cc1noc(-c2cccc(S(=O)(=O)N(C)C)c2)n1.Cl. The quantitative estimate of drug-likeness (QED) is 0.841. The van der Waals surface area contributed by atoms with Crippen LogP contribution in [0, 0.1) is 0 Å². The van der Waals surface area contributed by atoms with E-state index in [4.69, 9.17) is 4.52 Å². The van der Waals surface area contributed by atoms with Gasteiger partial charge in [0.25, 0.3) is 5.89 Å². The summed E-state index contributed by atoms with van der Waals surface area (Å²) in [4.78, 5) is 4.50. The van der Waals surface area contributed by atoms with Gasteiger partial charge < -0.3 is 9.84 Å². The molecule has 0 spiro atoms. The van der Waals surface area contributed by atoms with Crippen molar-refractivity contribution >= 4 is 22.4 Å². The lowest BCUT2D eigenvalue weighted by Gasteiger charge is -2.11. The number of nitrogens with zero attached hydrogens (tertiary/aromatic N) is 3. The topological polar surface area (TPSA) is 88.3 Å². The fourth-order valence-electron chi connectivity index (χ4n) is 1.83. The summed E-state index contributed by atoms with van der Waals surface area (Å²) in [5.41, 5.74) is 0.582. The highest BCUT2D eigenvalue weighted by Crippen LogP contribution is 2.22. The molecule has 128 valence electrons. The number of likely N-dealkylation sites (N-methyl/N-ethyl adjacent to an activating group) is 1. The Morgan fingerprint density at radius 1 is 1.35 bits per heavy atom. The number of halogens is 1.